The van der Waals surface area contributed by atoms with E-state index in [2.05, 4.69) is 15.0 Å². The molecule has 34 heavy (non-hydrogen) atoms. The topological polar surface area (TPSA) is 76.9 Å². The van der Waals surface area contributed by atoms with Gasteiger partial charge in [-0.1, -0.05) is 0 Å². The number of hydrogen-bond acceptors (Lipinski definition) is 7. The van der Waals surface area contributed by atoms with Gasteiger partial charge in [-0.3, -0.25) is 4.98 Å². The molecule has 0 radical (unpaired) electrons. The Morgan fingerprint density at radius 1 is 1.03 bits per heavy atom. The number of morpholine rings is 1. The van der Waals surface area contributed by atoms with E-state index in [0.29, 0.717) is 42.5 Å². The maximum Gasteiger partial charge on any atom is 0.394 e. The van der Waals surface area contributed by atoms with Crippen LogP contribution in [0.4, 0.5) is 19.1 Å². The Bertz CT molecular complexity index is 1290. The van der Waals surface area contributed by atoms with Crippen molar-refractivity contribution in [1.82, 2.24) is 24.9 Å². The normalized spacial score (nSPS) is 28.5. The smallest absolute Gasteiger partial charge is 0.370 e. The molecule has 3 aromatic heterocycles. The molecule has 1 atom stereocenters. The van der Waals surface area contributed by atoms with Crippen molar-refractivity contribution in [3.05, 3.63) is 46.7 Å². The zero-order valence-corrected chi connectivity index (χ0v) is 19.3. The Kier molecular flexibility index (Phi) is 4.50. The second-order valence-corrected chi connectivity index (χ2v) is 10.1. The molecule has 10 heteroatoms. The number of halogens is 3. The van der Waals surface area contributed by atoms with Gasteiger partial charge >= 0.3 is 6.18 Å². The van der Waals surface area contributed by atoms with Gasteiger partial charge < -0.3 is 9.64 Å². The van der Waals surface area contributed by atoms with Crippen molar-refractivity contribution >= 4 is 17.1 Å². The largest absolute Gasteiger partial charge is 0.394 e. The molecule has 1 saturated heterocycles. The van der Waals surface area contributed by atoms with E-state index >= 15 is 0 Å². The molecule has 1 aliphatic heterocycles. The van der Waals surface area contributed by atoms with Crippen LogP contribution < -0.4 is 4.90 Å². The van der Waals surface area contributed by atoms with E-state index in [1.165, 1.54) is 0 Å². The number of nitrogens with zero attached hydrogens (tertiary/aromatic N) is 6. The predicted octanol–water partition coefficient (Wildman–Crippen LogP) is 4.30. The Labute approximate surface area is 194 Å². The third-order valence-electron chi connectivity index (χ3n) is 7.71. The van der Waals surface area contributed by atoms with E-state index in [0.717, 1.165) is 22.6 Å². The molecule has 0 N–H and O–H groups in total. The maximum atomic E-state index is 13.6. The summed E-state index contributed by atoms with van der Waals surface area (Å²) >= 11 is 0. The second kappa shape index (κ2) is 7.07. The summed E-state index contributed by atoms with van der Waals surface area (Å²) < 4.78 is 46.7. The number of fused-ring (bicyclic) bond motifs is 1. The van der Waals surface area contributed by atoms with Crippen molar-refractivity contribution in [2.75, 3.05) is 24.6 Å². The number of pyridine rings is 1. The van der Waals surface area contributed by atoms with E-state index in [1.807, 2.05) is 37.8 Å². The molecule has 0 spiro atoms. The van der Waals surface area contributed by atoms with Crippen molar-refractivity contribution in [2.24, 2.45) is 5.41 Å². The number of rotatable bonds is 3. The number of aromatic nitrogens is 5. The van der Waals surface area contributed by atoms with Gasteiger partial charge in [-0.15, -0.1) is 0 Å². The lowest BCUT2D eigenvalue weighted by Crippen LogP contribution is -2.70. The lowest BCUT2D eigenvalue weighted by Gasteiger charge is -2.70. The zero-order chi connectivity index (χ0) is 23.9. The fraction of sp³-hybridized carbons (Fsp3) is 0.542. The molecule has 0 amide bonds. The molecule has 3 saturated carbocycles. The lowest BCUT2D eigenvalue weighted by atomic mass is 9.34. The average Bonchev–Trinajstić information content (AvgIpc) is 2.72. The fourth-order valence-corrected chi connectivity index (χ4v) is 5.75. The highest BCUT2D eigenvalue weighted by atomic mass is 19.4. The summed E-state index contributed by atoms with van der Waals surface area (Å²) in [7, 11) is 0. The first-order valence-corrected chi connectivity index (χ1v) is 11.5. The average molecular weight is 470 g/mol. The molecule has 0 unspecified atom stereocenters. The number of ether oxygens (including phenoxy) is 1. The number of aryl methyl sites for hydroxylation is 3. The predicted molar refractivity (Wildman–Crippen MR) is 118 cm³/mol. The second-order valence-electron chi connectivity index (χ2n) is 10.1. The molecule has 3 aliphatic carbocycles. The summed E-state index contributed by atoms with van der Waals surface area (Å²) in [5.74, 6) is 0.477. The Balaban J connectivity index is 1.39. The molecular weight excluding hydrogens is 445 g/mol. The summed E-state index contributed by atoms with van der Waals surface area (Å²) in [5.41, 5.74) is 2.82. The molecule has 7 nitrogen and oxygen atoms in total. The molecular formula is C24H25F3N6O. The summed E-state index contributed by atoms with van der Waals surface area (Å²) in [6, 6.07) is 3.93. The zero-order valence-electron chi connectivity index (χ0n) is 19.3. The van der Waals surface area contributed by atoms with Gasteiger partial charge in [0.15, 0.2) is 5.65 Å². The van der Waals surface area contributed by atoms with Crippen LogP contribution in [0.5, 0.6) is 0 Å². The Hall–Kier alpha value is -2.88. The van der Waals surface area contributed by atoms with Crippen molar-refractivity contribution in [3.8, 4) is 0 Å². The summed E-state index contributed by atoms with van der Waals surface area (Å²) in [5, 5.41) is 0. The first-order valence-electron chi connectivity index (χ1n) is 11.5. The van der Waals surface area contributed by atoms with Crippen LogP contribution in [0.3, 0.4) is 0 Å². The van der Waals surface area contributed by atoms with Gasteiger partial charge in [0, 0.05) is 23.9 Å². The lowest BCUT2D eigenvalue weighted by molar-refractivity contribution is -0.337. The van der Waals surface area contributed by atoms with Gasteiger partial charge in [0.1, 0.15) is 11.6 Å². The van der Waals surface area contributed by atoms with Crippen LogP contribution in [0.25, 0.3) is 11.2 Å². The third kappa shape index (κ3) is 3.10. The maximum absolute atomic E-state index is 13.6. The van der Waals surface area contributed by atoms with Gasteiger partial charge in [0.25, 0.3) is 0 Å². The number of hydrogen-bond donors (Lipinski definition) is 0. The van der Waals surface area contributed by atoms with Crippen LogP contribution in [-0.4, -0.2) is 50.8 Å². The highest BCUT2D eigenvalue weighted by molar-refractivity contribution is 5.77. The summed E-state index contributed by atoms with van der Waals surface area (Å²) in [6.07, 6.45) is -2.41. The van der Waals surface area contributed by atoms with Crippen LogP contribution in [0.15, 0.2) is 18.3 Å². The monoisotopic (exact) mass is 470 g/mol. The van der Waals surface area contributed by atoms with E-state index in [4.69, 9.17) is 14.7 Å². The Morgan fingerprint density at radius 3 is 2.47 bits per heavy atom. The van der Waals surface area contributed by atoms with Gasteiger partial charge in [-0.25, -0.2) is 15.0 Å². The number of anilines is 1. The van der Waals surface area contributed by atoms with Crippen molar-refractivity contribution in [1.29, 1.82) is 0 Å². The first-order chi connectivity index (χ1) is 16.1. The van der Waals surface area contributed by atoms with Crippen LogP contribution in [-0.2, 0) is 10.2 Å². The summed E-state index contributed by atoms with van der Waals surface area (Å²) in [4.78, 5) is 25.2. The van der Waals surface area contributed by atoms with Crippen LogP contribution in [0.1, 0.15) is 53.7 Å². The SMILES string of the molecule is Cc1cc([C@@H]2CN(c3nc(C45CC(C(F)(F)F)(C4)C5)c4nc(C)c(C)nc4n3)CCO2)ccn1. The van der Waals surface area contributed by atoms with Gasteiger partial charge in [-0.2, -0.15) is 18.2 Å². The van der Waals surface area contributed by atoms with Crippen molar-refractivity contribution in [2.45, 2.75) is 57.7 Å². The number of alkyl halides is 3. The molecule has 178 valence electrons. The van der Waals surface area contributed by atoms with E-state index in [-0.39, 0.29) is 25.4 Å². The molecule has 3 aromatic rings. The van der Waals surface area contributed by atoms with Gasteiger partial charge in [0.2, 0.25) is 5.95 Å². The highest BCUT2D eigenvalue weighted by Gasteiger charge is 2.79. The van der Waals surface area contributed by atoms with Gasteiger partial charge in [-0.05, 0) is 57.7 Å². The first kappa shape index (κ1) is 21.6. The Morgan fingerprint density at radius 2 is 1.76 bits per heavy atom. The molecule has 7 rings (SSSR count). The molecule has 4 fully saturated rings. The highest BCUT2D eigenvalue weighted by Crippen LogP contribution is 2.78. The van der Waals surface area contributed by atoms with Crippen molar-refractivity contribution in [3.63, 3.8) is 0 Å². The minimum Gasteiger partial charge on any atom is -0.370 e. The fourth-order valence-electron chi connectivity index (χ4n) is 5.75. The minimum absolute atomic E-state index is 0.0612. The van der Waals surface area contributed by atoms with Crippen LogP contribution >= 0.6 is 0 Å². The van der Waals surface area contributed by atoms with Gasteiger partial charge in [0.05, 0.1) is 35.6 Å². The quantitative estimate of drug-likeness (QED) is 0.565. The van der Waals surface area contributed by atoms with Crippen LogP contribution in [0, 0.1) is 26.2 Å². The van der Waals surface area contributed by atoms with E-state index < -0.39 is 17.0 Å². The molecule has 0 aromatic carbocycles. The molecule has 4 heterocycles. The third-order valence-corrected chi connectivity index (χ3v) is 7.71. The molecule has 2 bridgehead atoms. The minimum atomic E-state index is -4.18. The van der Waals surface area contributed by atoms with Crippen molar-refractivity contribution < 1.29 is 17.9 Å². The van der Waals surface area contributed by atoms with E-state index in [9.17, 15) is 13.2 Å². The summed E-state index contributed by atoms with van der Waals surface area (Å²) in [6.45, 7) is 7.25. The standard InChI is InChI=1S/C24H25F3N6O/c1-13-8-16(4-5-28-13)17-9-33(6-7-34-17)21-31-19(18-20(32-21)30-15(3)14(2)29-18)22-10-23(11-22,12-22)24(25,26)27/h4-5,8,17H,6-7,9-12H2,1-3H3/t17-,22?,23?/m0/s1. The molecule has 4 aliphatic rings. The van der Waals surface area contributed by atoms with E-state index in [1.54, 1.807) is 6.20 Å². The van der Waals surface area contributed by atoms with Crippen LogP contribution in [0.2, 0.25) is 0 Å².